The van der Waals surface area contributed by atoms with Crippen molar-refractivity contribution in [3.8, 4) is 5.69 Å². The Morgan fingerprint density at radius 2 is 1.65 bits per heavy atom. The number of aryl methyl sites for hydroxylation is 2. The standard InChI is InChI=1S/C28H29N5S/c1-19-10-11-23(18-20(19)2)33-27(26(30-28(33)34)24-8-5-6-16-29-24)25-9-7-17-32(25)22-14-12-21(13-15-22)31(3)4/h5-18,26-27H,1-4H3,(H,30,34)/t26-,27+/m1/s1. The van der Waals surface area contributed by atoms with E-state index in [0.717, 1.165) is 22.8 Å². The van der Waals surface area contributed by atoms with Gasteiger partial charge < -0.3 is 19.7 Å². The van der Waals surface area contributed by atoms with Crippen LogP contribution in [0.5, 0.6) is 0 Å². The molecular weight excluding hydrogens is 438 g/mol. The summed E-state index contributed by atoms with van der Waals surface area (Å²) < 4.78 is 2.25. The van der Waals surface area contributed by atoms with Gasteiger partial charge in [0.05, 0.1) is 11.7 Å². The summed E-state index contributed by atoms with van der Waals surface area (Å²) in [7, 11) is 4.11. The topological polar surface area (TPSA) is 36.3 Å². The van der Waals surface area contributed by atoms with Gasteiger partial charge in [-0.25, -0.2) is 0 Å². The molecule has 3 heterocycles. The molecule has 2 atom stereocenters. The van der Waals surface area contributed by atoms with Gasteiger partial charge in [0, 0.05) is 49.2 Å². The number of thiocarbonyl (C=S) groups is 1. The zero-order valence-electron chi connectivity index (χ0n) is 19.9. The summed E-state index contributed by atoms with van der Waals surface area (Å²) in [4.78, 5) is 9.03. The summed E-state index contributed by atoms with van der Waals surface area (Å²) in [6, 6.07) is 25.3. The van der Waals surface area contributed by atoms with E-state index < -0.39 is 0 Å². The molecule has 0 amide bonds. The first kappa shape index (κ1) is 22.2. The molecule has 1 fully saturated rings. The zero-order chi connectivity index (χ0) is 23.8. The summed E-state index contributed by atoms with van der Waals surface area (Å²) in [6.07, 6.45) is 3.96. The van der Waals surface area contributed by atoms with Crippen molar-refractivity contribution in [2.75, 3.05) is 23.9 Å². The smallest absolute Gasteiger partial charge is 0.174 e. The molecule has 6 heteroatoms. The van der Waals surface area contributed by atoms with Crippen molar-refractivity contribution in [3.05, 3.63) is 108 Å². The van der Waals surface area contributed by atoms with Gasteiger partial charge in [0.25, 0.3) is 0 Å². The molecule has 0 bridgehead atoms. The number of benzene rings is 2. The van der Waals surface area contributed by atoms with Gasteiger partial charge in [-0.2, -0.15) is 0 Å². The van der Waals surface area contributed by atoms with Crippen molar-refractivity contribution in [2.24, 2.45) is 0 Å². The quantitative estimate of drug-likeness (QED) is 0.379. The van der Waals surface area contributed by atoms with Crippen LogP contribution in [0.3, 0.4) is 0 Å². The van der Waals surface area contributed by atoms with Crippen molar-refractivity contribution >= 4 is 28.7 Å². The molecule has 1 aliphatic heterocycles. The van der Waals surface area contributed by atoms with Gasteiger partial charge in [-0.1, -0.05) is 12.1 Å². The third-order valence-electron chi connectivity index (χ3n) is 6.59. The van der Waals surface area contributed by atoms with Crippen LogP contribution in [0.2, 0.25) is 0 Å². The normalized spacial score (nSPS) is 17.6. The van der Waals surface area contributed by atoms with Crippen LogP contribution < -0.4 is 15.1 Å². The maximum absolute atomic E-state index is 5.90. The lowest BCUT2D eigenvalue weighted by Gasteiger charge is -2.29. The molecule has 2 aromatic carbocycles. The highest BCUT2D eigenvalue weighted by atomic mass is 32.1. The minimum atomic E-state index is -0.0787. The molecule has 1 aliphatic rings. The van der Waals surface area contributed by atoms with Crippen molar-refractivity contribution in [1.82, 2.24) is 14.9 Å². The van der Waals surface area contributed by atoms with Crippen molar-refractivity contribution in [1.29, 1.82) is 0 Å². The highest BCUT2D eigenvalue weighted by Crippen LogP contribution is 2.42. The van der Waals surface area contributed by atoms with Crippen LogP contribution in [0.1, 0.15) is 34.6 Å². The van der Waals surface area contributed by atoms with Crippen LogP contribution in [0, 0.1) is 13.8 Å². The third-order valence-corrected chi connectivity index (χ3v) is 6.91. The molecular formula is C28H29N5S. The minimum absolute atomic E-state index is 0.0620. The first-order chi connectivity index (χ1) is 16.4. The summed E-state index contributed by atoms with van der Waals surface area (Å²) in [5.74, 6) is 0. The summed E-state index contributed by atoms with van der Waals surface area (Å²) in [5.41, 5.74) is 8.00. The Bertz CT molecular complexity index is 1310. The number of hydrogen-bond donors (Lipinski definition) is 1. The van der Waals surface area contributed by atoms with Gasteiger partial charge in [0.2, 0.25) is 0 Å². The van der Waals surface area contributed by atoms with E-state index in [2.05, 4.69) is 119 Å². The molecule has 0 aliphatic carbocycles. The van der Waals surface area contributed by atoms with Gasteiger partial charge in [0.15, 0.2) is 5.11 Å². The van der Waals surface area contributed by atoms with Crippen LogP contribution in [0.15, 0.2) is 85.2 Å². The first-order valence-electron chi connectivity index (χ1n) is 11.5. The van der Waals surface area contributed by atoms with Crippen LogP contribution in [0.25, 0.3) is 5.69 Å². The van der Waals surface area contributed by atoms with Gasteiger partial charge >= 0.3 is 0 Å². The van der Waals surface area contributed by atoms with Gasteiger partial charge in [-0.3, -0.25) is 4.98 Å². The van der Waals surface area contributed by atoms with Crippen LogP contribution in [0.4, 0.5) is 11.4 Å². The number of rotatable bonds is 5. The second kappa shape index (κ2) is 8.95. The average Bonchev–Trinajstić information content (AvgIpc) is 3.46. The summed E-state index contributed by atoms with van der Waals surface area (Å²) in [6.45, 7) is 4.28. The maximum atomic E-state index is 5.90. The minimum Gasteiger partial charge on any atom is -0.378 e. The molecule has 1 N–H and O–H groups in total. The molecule has 5 rings (SSSR count). The fraction of sp³-hybridized carbons (Fsp3) is 0.214. The Hall–Kier alpha value is -3.64. The van der Waals surface area contributed by atoms with E-state index >= 15 is 0 Å². The fourth-order valence-electron chi connectivity index (χ4n) is 4.59. The molecule has 1 saturated heterocycles. The number of aromatic nitrogens is 2. The highest BCUT2D eigenvalue weighted by molar-refractivity contribution is 7.80. The number of anilines is 2. The van der Waals surface area contributed by atoms with Crippen molar-refractivity contribution in [2.45, 2.75) is 25.9 Å². The van der Waals surface area contributed by atoms with E-state index in [1.165, 1.54) is 16.8 Å². The lowest BCUT2D eigenvalue weighted by molar-refractivity contribution is 0.549. The number of pyridine rings is 1. The van der Waals surface area contributed by atoms with Crippen LogP contribution >= 0.6 is 12.2 Å². The van der Waals surface area contributed by atoms with E-state index in [1.807, 2.05) is 18.3 Å². The van der Waals surface area contributed by atoms with E-state index in [0.29, 0.717) is 5.11 Å². The monoisotopic (exact) mass is 467 g/mol. The molecule has 0 radical (unpaired) electrons. The first-order valence-corrected chi connectivity index (χ1v) is 11.9. The van der Waals surface area contributed by atoms with E-state index in [1.54, 1.807) is 0 Å². The zero-order valence-corrected chi connectivity index (χ0v) is 20.8. The molecule has 0 saturated carbocycles. The molecule has 5 nitrogen and oxygen atoms in total. The van der Waals surface area contributed by atoms with Crippen molar-refractivity contribution in [3.63, 3.8) is 0 Å². The molecule has 2 aromatic heterocycles. The van der Waals surface area contributed by atoms with Gasteiger partial charge in [-0.05, 0) is 97.9 Å². The Balaban J connectivity index is 1.64. The van der Waals surface area contributed by atoms with Crippen molar-refractivity contribution < 1.29 is 0 Å². The molecule has 4 aromatic rings. The Kier molecular flexibility index (Phi) is 5.84. The second-order valence-electron chi connectivity index (χ2n) is 8.98. The number of hydrogen-bond acceptors (Lipinski definition) is 3. The molecule has 0 spiro atoms. The van der Waals surface area contributed by atoms with Crippen LogP contribution in [-0.4, -0.2) is 28.8 Å². The lowest BCUT2D eigenvalue weighted by atomic mass is 10.00. The predicted molar refractivity (Wildman–Crippen MR) is 144 cm³/mol. The Labute approximate surface area is 206 Å². The highest BCUT2D eigenvalue weighted by Gasteiger charge is 2.42. The largest absolute Gasteiger partial charge is 0.378 e. The van der Waals surface area contributed by atoms with Gasteiger partial charge in [0.1, 0.15) is 6.04 Å². The van der Waals surface area contributed by atoms with Crippen LogP contribution in [-0.2, 0) is 0 Å². The second-order valence-corrected chi connectivity index (χ2v) is 9.37. The SMILES string of the molecule is Cc1ccc(N2C(=S)N[C@H](c3ccccn3)[C@@H]2c2cccn2-c2ccc(N(C)C)cc2)cc1C. The fourth-order valence-corrected chi connectivity index (χ4v) is 4.94. The Morgan fingerprint density at radius 3 is 2.32 bits per heavy atom. The summed E-state index contributed by atoms with van der Waals surface area (Å²) >= 11 is 5.90. The number of nitrogens with zero attached hydrogens (tertiary/aromatic N) is 4. The van der Waals surface area contributed by atoms with E-state index in [9.17, 15) is 0 Å². The Morgan fingerprint density at radius 1 is 0.882 bits per heavy atom. The average molecular weight is 468 g/mol. The molecule has 34 heavy (non-hydrogen) atoms. The lowest BCUT2D eigenvalue weighted by Crippen LogP contribution is -2.30. The van der Waals surface area contributed by atoms with E-state index in [-0.39, 0.29) is 12.1 Å². The summed E-state index contributed by atoms with van der Waals surface area (Å²) in [5, 5.41) is 4.28. The molecule has 172 valence electrons. The third kappa shape index (κ3) is 3.94. The molecule has 0 unspecified atom stereocenters. The van der Waals surface area contributed by atoms with E-state index in [4.69, 9.17) is 12.2 Å². The van der Waals surface area contributed by atoms with Gasteiger partial charge in [-0.15, -0.1) is 0 Å². The maximum Gasteiger partial charge on any atom is 0.174 e. The predicted octanol–water partition coefficient (Wildman–Crippen LogP) is 5.73. The number of nitrogens with one attached hydrogen (secondary N) is 1.